The minimum absolute atomic E-state index is 0.0356. The fourth-order valence-corrected chi connectivity index (χ4v) is 4.78. The molecule has 1 atom stereocenters. The van der Waals surface area contributed by atoms with Gasteiger partial charge in [0.15, 0.2) is 0 Å². The summed E-state index contributed by atoms with van der Waals surface area (Å²) in [4.78, 5) is 28.9. The van der Waals surface area contributed by atoms with E-state index < -0.39 is 6.04 Å². The molecule has 1 N–H and O–H groups in total. The molecule has 1 aliphatic carbocycles. The van der Waals surface area contributed by atoms with E-state index >= 15 is 0 Å². The summed E-state index contributed by atoms with van der Waals surface area (Å²) in [6.07, 6.45) is 5.81. The van der Waals surface area contributed by atoms with E-state index in [1.165, 1.54) is 12.5 Å². The van der Waals surface area contributed by atoms with Crippen LogP contribution in [0.15, 0.2) is 84.9 Å². The van der Waals surface area contributed by atoms with E-state index in [4.69, 9.17) is 0 Å². The highest BCUT2D eigenvalue weighted by molar-refractivity contribution is 5.89. The second kappa shape index (κ2) is 12.3. The molecule has 182 valence electrons. The van der Waals surface area contributed by atoms with Crippen LogP contribution in [0.1, 0.15) is 48.8 Å². The van der Waals surface area contributed by atoms with Gasteiger partial charge in [0, 0.05) is 24.6 Å². The summed E-state index contributed by atoms with van der Waals surface area (Å²) in [6, 6.07) is 25.0. The minimum Gasteiger partial charge on any atom is -0.352 e. The van der Waals surface area contributed by atoms with Crippen LogP contribution in [-0.2, 0) is 29.0 Å². The summed E-state index contributed by atoms with van der Waals surface area (Å²) in [6.45, 7) is 0.0356. The smallest absolute Gasteiger partial charge is 0.243 e. The highest BCUT2D eigenvalue weighted by Gasteiger charge is 2.32. The van der Waals surface area contributed by atoms with Gasteiger partial charge in [0.1, 0.15) is 11.9 Å². The number of rotatable bonds is 9. The molecule has 3 aromatic carbocycles. The van der Waals surface area contributed by atoms with Crippen molar-refractivity contribution in [3.8, 4) is 0 Å². The van der Waals surface area contributed by atoms with Gasteiger partial charge in [-0.1, -0.05) is 98.1 Å². The van der Waals surface area contributed by atoms with E-state index in [1.807, 2.05) is 60.7 Å². The Kier molecular flexibility index (Phi) is 8.66. The number of amides is 2. The van der Waals surface area contributed by atoms with Crippen LogP contribution in [0.5, 0.6) is 0 Å². The van der Waals surface area contributed by atoms with Crippen molar-refractivity contribution in [2.45, 2.75) is 63.6 Å². The molecule has 1 aliphatic rings. The number of carbonyl (C=O) groups excluding carboxylic acids is 2. The maximum atomic E-state index is 14.7. The maximum Gasteiger partial charge on any atom is 0.243 e. The number of hydrogen-bond acceptors (Lipinski definition) is 2. The molecule has 35 heavy (non-hydrogen) atoms. The lowest BCUT2D eigenvalue weighted by atomic mass is 9.94. The van der Waals surface area contributed by atoms with E-state index in [0.717, 1.165) is 36.8 Å². The summed E-state index contributed by atoms with van der Waals surface area (Å²) >= 11 is 0. The molecule has 1 fully saturated rings. The third-order valence-electron chi connectivity index (χ3n) is 6.72. The van der Waals surface area contributed by atoms with E-state index in [0.29, 0.717) is 12.0 Å². The first kappa shape index (κ1) is 24.6. The Hall–Kier alpha value is -3.47. The van der Waals surface area contributed by atoms with Crippen LogP contribution in [0.3, 0.4) is 0 Å². The van der Waals surface area contributed by atoms with Gasteiger partial charge in [0.05, 0.1) is 6.42 Å². The molecule has 0 radical (unpaired) electrons. The SMILES string of the molecule is O=C(NC1CCCCC1)C(Cc1ccccc1)N(Cc1ccccc1F)C(=O)Cc1ccccc1. The van der Waals surface area contributed by atoms with E-state index in [2.05, 4.69) is 5.32 Å². The van der Waals surface area contributed by atoms with Crippen LogP contribution in [0.25, 0.3) is 0 Å². The minimum atomic E-state index is -0.741. The predicted molar refractivity (Wildman–Crippen MR) is 136 cm³/mol. The van der Waals surface area contributed by atoms with Crippen molar-refractivity contribution < 1.29 is 14.0 Å². The number of nitrogens with one attached hydrogen (secondary N) is 1. The van der Waals surface area contributed by atoms with Gasteiger partial charge in [-0.3, -0.25) is 9.59 Å². The molecule has 2 amide bonds. The molecule has 4 rings (SSSR count). The van der Waals surface area contributed by atoms with Crippen LogP contribution in [-0.4, -0.2) is 28.8 Å². The van der Waals surface area contributed by atoms with Gasteiger partial charge in [-0.25, -0.2) is 4.39 Å². The second-order valence-corrected chi connectivity index (χ2v) is 9.32. The standard InChI is InChI=1S/C30H33FN2O2/c31-27-19-11-10-16-25(27)22-33(29(34)21-24-14-6-2-7-15-24)28(20-23-12-4-1-5-13-23)30(35)32-26-17-8-3-9-18-26/h1-2,4-7,10-16,19,26,28H,3,8-9,17-18,20-22H2,(H,32,35). The summed E-state index contributed by atoms with van der Waals surface area (Å²) < 4.78 is 14.7. The molecular formula is C30H33FN2O2. The van der Waals surface area contributed by atoms with E-state index in [1.54, 1.807) is 23.1 Å². The van der Waals surface area contributed by atoms with Gasteiger partial charge in [-0.2, -0.15) is 0 Å². The quantitative estimate of drug-likeness (QED) is 0.450. The molecule has 3 aromatic rings. The monoisotopic (exact) mass is 472 g/mol. The zero-order chi connectivity index (χ0) is 24.5. The Morgan fingerprint density at radius 1 is 0.829 bits per heavy atom. The van der Waals surface area contributed by atoms with Crippen molar-refractivity contribution >= 4 is 11.8 Å². The normalized spacial score (nSPS) is 14.8. The van der Waals surface area contributed by atoms with Gasteiger partial charge >= 0.3 is 0 Å². The molecule has 0 aliphatic heterocycles. The Morgan fingerprint density at radius 3 is 2.09 bits per heavy atom. The topological polar surface area (TPSA) is 49.4 Å². The van der Waals surface area contributed by atoms with Crippen molar-refractivity contribution in [1.82, 2.24) is 10.2 Å². The highest BCUT2D eigenvalue weighted by Crippen LogP contribution is 2.21. The fourth-order valence-electron chi connectivity index (χ4n) is 4.78. The van der Waals surface area contributed by atoms with Gasteiger partial charge in [0.25, 0.3) is 0 Å². The predicted octanol–water partition coefficient (Wildman–Crippen LogP) is 5.46. The molecule has 0 bridgehead atoms. The molecule has 4 nitrogen and oxygen atoms in total. The van der Waals surface area contributed by atoms with Gasteiger partial charge in [0.2, 0.25) is 11.8 Å². The Morgan fingerprint density at radius 2 is 1.43 bits per heavy atom. The average molecular weight is 473 g/mol. The van der Waals surface area contributed by atoms with E-state index in [9.17, 15) is 14.0 Å². The van der Waals surface area contributed by atoms with Crippen LogP contribution in [0.4, 0.5) is 4.39 Å². The van der Waals surface area contributed by atoms with Crippen molar-refractivity contribution in [2.24, 2.45) is 0 Å². The lowest BCUT2D eigenvalue weighted by molar-refractivity contribution is -0.141. The Balaban J connectivity index is 1.65. The number of benzene rings is 3. The van der Waals surface area contributed by atoms with Crippen LogP contribution < -0.4 is 5.32 Å². The first-order chi connectivity index (χ1) is 17.1. The molecule has 0 spiro atoms. The number of nitrogens with zero attached hydrogens (tertiary/aromatic N) is 1. The Labute approximate surface area is 207 Å². The lowest BCUT2D eigenvalue weighted by Crippen LogP contribution is -2.53. The summed E-state index contributed by atoms with van der Waals surface area (Å²) in [7, 11) is 0. The molecule has 1 unspecified atom stereocenters. The van der Waals surface area contributed by atoms with Crippen molar-refractivity contribution in [3.05, 3.63) is 107 Å². The molecule has 5 heteroatoms. The van der Waals surface area contributed by atoms with Crippen LogP contribution in [0, 0.1) is 5.82 Å². The van der Waals surface area contributed by atoms with Gasteiger partial charge in [-0.05, 0) is 30.0 Å². The zero-order valence-electron chi connectivity index (χ0n) is 20.0. The lowest BCUT2D eigenvalue weighted by Gasteiger charge is -2.33. The summed E-state index contributed by atoms with van der Waals surface area (Å²) in [5.74, 6) is -0.742. The number of halogens is 1. The largest absolute Gasteiger partial charge is 0.352 e. The molecule has 0 aromatic heterocycles. The fraction of sp³-hybridized carbons (Fsp3) is 0.333. The third kappa shape index (κ3) is 7.01. The van der Waals surface area contributed by atoms with E-state index in [-0.39, 0.29) is 36.6 Å². The van der Waals surface area contributed by atoms with Crippen molar-refractivity contribution in [1.29, 1.82) is 0 Å². The molecule has 1 saturated carbocycles. The van der Waals surface area contributed by atoms with Crippen molar-refractivity contribution in [2.75, 3.05) is 0 Å². The summed E-state index contributed by atoms with van der Waals surface area (Å²) in [5, 5.41) is 3.21. The van der Waals surface area contributed by atoms with Crippen LogP contribution >= 0.6 is 0 Å². The first-order valence-corrected chi connectivity index (χ1v) is 12.5. The van der Waals surface area contributed by atoms with Gasteiger partial charge in [-0.15, -0.1) is 0 Å². The van der Waals surface area contributed by atoms with Crippen LogP contribution in [0.2, 0.25) is 0 Å². The highest BCUT2D eigenvalue weighted by atomic mass is 19.1. The number of carbonyl (C=O) groups is 2. The zero-order valence-corrected chi connectivity index (χ0v) is 20.0. The summed E-state index contributed by atoms with van der Waals surface area (Å²) in [5.41, 5.74) is 2.22. The second-order valence-electron chi connectivity index (χ2n) is 9.32. The maximum absolute atomic E-state index is 14.7. The average Bonchev–Trinajstić information content (AvgIpc) is 2.89. The molecule has 0 heterocycles. The first-order valence-electron chi connectivity index (χ1n) is 12.5. The third-order valence-corrected chi connectivity index (χ3v) is 6.72. The Bertz CT molecular complexity index is 1100. The number of hydrogen-bond donors (Lipinski definition) is 1. The molecular weight excluding hydrogens is 439 g/mol. The molecule has 0 saturated heterocycles. The van der Waals surface area contributed by atoms with Gasteiger partial charge < -0.3 is 10.2 Å². The van der Waals surface area contributed by atoms with Crippen molar-refractivity contribution in [3.63, 3.8) is 0 Å².